The van der Waals surface area contributed by atoms with Crippen LogP contribution >= 0.6 is 0 Å². The summed E-state index contributed by atoms with van der Waals surface area (Å²) >= 11 is 0. The molecule has 0 bridgehead atoms. The number of rotatable bonds is 6. The van der Waals surface area contributed by atoms with Gasteiger partial charge in [-0.3, -0.25) is 0 Å². The van der Waals surface area contributed by atoms with E-state index in [9.17, 15) is 5.11 Å². The first-order chi connectivity index (χ1) is 15.1. The first-order valence-corrected chi connectivity index (χ1v) is 11.2. The topological polar surface area (TPSA) is 89.8 Å². The van der Waals surface area contributed by atoms with Gasteiger partial charge >= 0.3 is 0 Å². The molecule has 1 aliphatic rings. The van der Waals surface area contributed by atoms with Gasteiger partial charge in [0.05, 0.1) is 5.52 Å². The highest BCUT2D eigenvalue weighted by Gasteiger charge is 2.27. The van der Waals surface area contributed by atoms with Crippen molar-refractivity contribution in [2.24, 2.45) is 5.92 Å². The quantitative estimate of drug-likeness (QED) is 0.488. The van der Waals surface area contributed by atoms with Crippen molar-refractivity contribution in [2.45, 2.75) is 51.5 Å². The molecule has 1 aromatic carbocycles. The van der Waals surface area contributed by atoms with Gasteiger partial charge in [0, 0.05) is 35.8 Å². The molecule has 2 atom stereocenters. The van der Waals surface area contributed by atoms with Gasteiger partial charge in [0.2, 0.25) is 0 Å². The van der Waals surface area contributed by atoms with Gasteiger partial charge in [0.1, 0.15) is 17.8 Å². The second kappa shape index (κ2) is 8.27. The second-order valence-corrected chi connectivity index (χ2v) is 8.87. The van der Waals surface area contributed by atoms with Gasteiger partial charge in [0.25, 0.3) is 0 Å². The fourth-order valence-electron chi connectivity index (χ4n) is 5.14. The number of aliphatic hydroxyl groups excluding tert-OH is 1. The predicted molar refractivity (Wildman–Crippen MR) is 124 cm³/mol. The Morgan fingerprint density at radius 2 is 2.00 bits per heavy atom. The number of nitrogens with zero attached hydrogens (tertiary/aromatic N) is 4. The van der Waals surface area contributed by atoms with Crippen molar-refractivity contribution in [1.29, 1.82) is 0 Å². The molecule has 0 spiro atoms. The summed E-state index contributed by atoms with van der Waals surface area (Å²) in [5.74, 6) is 1.28. The van der Waals surface area contributed by atoms with Gasteiger partial charge in [-0.25, -0.2) is 15.0 Å². The molecule has 31 heavy (non-hydrogen) atoms. The SMILES string of the molecule is Cc1cc2cc(CCO)c(CCC3CCC(n4ccc5cncnc54)C3)cc2nc1N. The third kappa shape index (κ3) is 3.88. The molecule has 1 saturated carbocycles. The third-order valence-corrected chi connectivity index (χ3v) is 6.85. The minimum Gasteiger partial charge on any atom is -0.396 e. The van der Waals surface area contributed by atoms with Gasteiger partial charge in [-0.1, -0.05) is 0 Å². The van der Waals surface area contributed by atoms with Crippen molar-refractivity contribution >= 4 is 27.8 Å². The summed E-state index contributed by atoms with van der Waals surface area (Å²) in [6, 6.07) is 9.08. The van der Waals surface area contributed by atoms with Crippen molar-refractivity contribution in [3.05, 3.63) is 59.7 Å². The van der Waals surface area contributed by atoms with E-state index < -0.39 is 0 Å². The van der Waals surface area contributed by atoms with Crippen LogP contribution in [0, 0.1) is 12.8 Å². The average molecular weight is 416 g/mol. The van der Waals surface area contributed by atoms with Crippen LogP contribution in [0.3, 0.4) is 0 Å². The Balaban J connectivity index is 1.32. The third-order valence-electron chi connectivity index (χ3n) is 6.85. The number of nitrogen functional groups attached to an aromatic ring is 1. The molecule has 0 amide bonds. The molecule has 1 aliphatic carbocycles. The molecule has 6 nitrogen and oxygen atoms in total. The number of fused-ring (bicyclic) bond motifs is 2. The van der Waals surface area contributed by atoms with E-state index in [1.54, 1.807) is 6.33 Å². The number of nitrogens with two attached hydrogens (primary N) is 1. The summed E-state index contributed by atoms with van der Waals surface area (Å²) in [7, 11) is 0. The fourth-order valence-corrected chi connectivity index (χ4v) is 5.14. The molecule has 3 heterocycles. The second-order valence-electron chi connectivity index (χ2n) is 8.87. The van der Waals surface area contributed by atoms with Crippen LogP contribution in [0.1, 0.15) is 48.4 Å². The number of aromatic nitrogens is 4. The molecular weight excluding hydrogens is 386 g/mol. The minimum atomic E-state index is 0.161. The number of hydrogen-bond acceptors (Lipinski definition) is 5. The van der Waals surface area contributed by atoms with E-state index in [1.807, 2.05) is 13.1 Å². The summed E-state index contributed by atoms with van der Waals surface area (Å²) in [5.41, 5.74) is 11.5. The van der Waals surface area contributed by atoms with Crippen molar-refractivity contribution < 1.29 is 5.11 Å². The number of hydrogen-bond donors (Lipinski definition) is 2. The molecule has 6 heteroatoms. The normalized spacial score (nSPS) is 18.9. The van der Waals surface area contributed by atoms with Crippen molar-refractivity contribution in [2.75, 3.05) is 12.3 Å². The first-order valence-electron chi connectivity index (χ1n) is 11.2. The van der Waals surface area contributed by atoms with Crippen LogP contribution in [-0.4, -0.2) is 31.2 Å². The lowest BCUT2D eigenvalue weighted by Gasteiger charge is -2.16. The van der Waals surface area contributed by atoms with E-state index in [0.717, 1.165) is 40.3 Å². The van der Waals surface area contributed by atoms with Crippen molar-refractivity contribution in [3.8, 4) is 0 Å². The van der Waals surface area contributed by atoms with E-state index in [0.29, 0.717) is 24.2 Å². The van der Waals surface area contributed by atoms with Gasteiger partial charge in [-0.05, 0) is 92.3 Å². The highest BCUT2D eigenvalue weighted by molar-refractivity contribution is 5.83. The molecule has 2 unspecified atom stereocenters. The zero-order valence-corrected chi connectivity index (χ0v) is 18.0. The van der Waals surface area contributed by atoms with Crippen molar-refractivity contribution in [3.63, 3.8) is 0 Å². The Labute approximate surface area is 182 Å². The van der Waals surface area contributed by atoms with Gasteiger partial charge in [-0.2, -0.15) is 0 Å². The molecule has 3 N–H and O–H groups in total. The molecule has 0 aliphatic heterocycles. The van der Waals surface area contributed by atoms with Crippen LogP contribution in [0.15, 0.2) is 43.0 Å². The first kappa shape index (κ1) is 19.9. The number of aliphatic hydroxyl groups is 1. The zero-order valence-electron chi connectivity index (χ0n) is 18.0. The number of benzene rings is 1. The van der Waals surface area contributed by atoms with E-state index in [-0.39, 0.29) is 6.61 Å². The maximum atomic E-state index is 9.57. The molecule has 5 rings (SSSR count). The maximum Gasteiger partial charge on any atom is 0.143 e. The highest BCUT2D eigenvalue weighted by Crippen LogP contribution is 2.39. The van der Waals surface area contributed by atoms with Crippen LogP contribution < -0.4 is 5.73 Å². The maximum absolute atomic E-state index is 9.57. The van der Waals surface area contributed by atoms with Crippen LogP contribution in [0.25, 0.3) is 21.9 Å². The van der Waals surface area contributed by atoms with Crippen LogP contribution in [-0.2, 0) is 12.8 Å². The van der Waals surface area contributed by atoms with Crippen molar-refractivity contribution in [1.82, 2.24) is 19.5 Å². The summed E-state index contributed by atoms with van der Waals surface area (Å²) < 4.78 is 2.33. The lowest BCUT2D eigenvalue weighted by atomic mass is 9.93. The smallest absolute Gasteiger partial charge is 0.143 e. The molecule has 1 fully saturated rings. The van der Waals surface area contributed by atoms with E-state index in [4.69, 9.17) is 5.73 Å². The fraction of sp³-hybridized carbons (Fsp3) is 0.400. The van der Waals surface area contributed by atoms with Crippen LogP contribution in [0.2, 0.25) is 0 Å². The molecule has 0 saturated heterocycles. The Bertz CT molecular complexity index is 1230. The lowest BCUT2D eigenvalue weighted by molar-refractivity contribution is 0.299. The molecule has 4 aromatic rings. The lowest BCUT2D eigenvalue weighted by Crippen LogP contribution is -2.06. The molecule has 0 radical (unpaired) electrons. The highest BCUT2D eigenvalue weighted by atomic mass is 16.2. The summed E-state index contributed by atoms with van der Waals surface area (Å²) in [4.78, 5) is 13.2. The van der Waals surface area contributed by atoms with Gasteiger partial charge in [0.15, 0.2) is 0 Å². The average Bonchev–Trinajstić information content (AvgIpc) is 3.40. The summed E-state index contributed by atoms with van der Waals surface area (Å²) in [6.45, 7) is 2.14. The summed E-state index contributed by atoms with van der Waals surface area (Å²) in [5, 5.41) is 11.8. The Hall–Kier alpha value is -2.99. The van der Waals surface area contributed by atoms with E-state index >= 15 is 0 Å². The van der Waals surface area contributed by atoms with E-state index in [1.165, 1.54) is 30.4 Å². The summed E-state index contributed by atoms with van der Waals surface area (Å²) in [6.07, 6.45) is 12.1. The Kier molecular flexibility index (Phi) is 5.32. The van der Waals surface area contributed by atoms with Gasteiger partial charge < -0.3 is 15.4 Å². The monoisotopic (exact) mass is 415 g/mol. The van der Waals surface area contributed by atoms with Crippen LogP contribution in [0.5, 0.6) is 0 Å². The minimum absolute atomic E-state index is 0.161. The van der Waals surface area contributed by atoms with Gasteiger partial charge in [-0.15, -0.1) is 0 Å². The Morgan fingerprint density at radius 1 is 1.13 bits per heavy atom. The molecular formula is C25H29N5O. The standard InChI is InChI=1S/C25H29N5O/c1-16-10-21-12-19(7-9-31)18(13-23(21)29-24(16)26)4-2-17-3-5-22(11-17)30-8-6-20-14-27-15-28-25(20)30/h6,8,10,12-15,17,22,31H,2-5,7,9,11H2,1H3,(H2,26,29). The Morgan fingerprint density at radius 3 is 2.87 bits per heavy atom. The van der Waals surface area contributed by atoms with Crippen LogP contribution in [0.4, 0.5) is 5.82 Å². The largest absolute Gasteiger partial charge is 0.396 e. The molecule has 3 aromatic heterocycles. The molecule has 160 valence electrons. The predicted octanol–water partition coefficient (Wildman–Crippen LogP) is 4.38. The number of pyridine rings is 1. The zero-order chi connectivity index (χ0) is 21.4. The van der Waals surface area contributed by atoms with E-state index in [2.05, 4.69) is 50.0 Å². The number of anilines is 1. The number of aryl methyl sites for hydroxylation is 2.